The minimum atomic E-state index is 0.500. The maximum absolute atomic E-state index is 6.09. The molecule has 0 heterocycles. The smallest absolute Gasteiger partial charge is 0.0349 e. The first kappa shape index (κ1) is 14.2. The Bertz CT molecular complexity index is 598. The number of hydrogen-bond acceptors (Lipinski definition) is 2. The third kappa shape index (κ3) is 3.11. The zero-order valence-electron chi connectivity index (χ0n) is 12.7. The molecule has 2 heteroatoms. The summed E-state index contributed by atoms with van der Waals surface area (Å²) in [4.78, 5) is 0. The summed E-state index contributed by atoms with van der Waals surface area (Å²) in [6.07, 6.45) is 4.73. The minimum Gasteiger partial charge on any atom is -0.398 e. The number of nitrogens with two attached hydrogens (primary N) is 1. The molecule has 0 aromatic heterocycles. The van der Waals surface area contributed by atoms with Gasteiger partial charge in [0.05, 0.1) is 0 Å². The maximum Gasteiger partial charge on any atom is 0.0349 e. The van der Waals surface area contributed by atoms with Gasteiger partial charge in [-0.25, -0.2) is 0 Å². The topological polar surface area (TPSA) is 38.0 Å². The zero-order chi connectivity index (χ0) is 14.7. The van der Waals surface area contributed by atoms with E-state index < -0.39 is 0 Å². The Morgan fingerprint density at radius 1 is 1.14 bits per heavy atom. The predicted molar refractivity (Wildman–Crippen MR) is 89.4 cm³/mol. The van der Waals surface area contributed by atoms with Gasteiger partial charge >= 0.3 is 0 Å². The van der Waals surface area contributed by atoms with Crippen molar-refractivity contribution in [1.29, 1.82) is 0 Å². The highest BCUT2D eigenvalue weighted by atomic mass is 14.9. The first-order valence-electron chi connectivity index (χ1n) is 7.91. The molecule has 0 spiro atoms. The molecule has 1 atom stereocenters. The number of fused-ring (bicyclic) bond motifs is 1. The molecule has 1 aliphatic carbocycles. The van der Waals surface area contributed by atoms with E-state index in [-0.39, 0.29) is 0 Å². The van der Waals surface area contributed by atoms with Crippen LogP contribution in [0.15, 0.2) is 42.5 Å². The number of anilines is 1. The van der Waals surface area contributed by atoms with E-state index in [1.165, 1.54) is 41.5 Å². The van der Waals surface area contributed by atoms with E-state index in [0.29, 0.717) is 6.04 Å². The first-order chi connectivity index (χ1) is 10.3. The van der Waals surface area contributed by atoms with E-state index >= 15 is 0 Å². The van der Waals surface area contributed by atoms with Gasteiger partial charge in [0.2, 0.25) is 0 Å². The van der Waals surface area contributed by atoms with Gasteiger partial charge in [-0.05, 0) is 67.5 Å². The van der Waals surface area contributed by atoms with Crippen molar-refractivity contribution in [3.8, 4) is 0 Å². The van der Waals surface area contributed by atoms with E-state index in [9.17, 15) is 0 Å². The molecular weight excluding hydrogens is 256 g/mol. The lowest BCUT2D eigenvalue weighted by atomic mass is 9.87. The Hall–Kier alpha value is -1.80. The van der Waals surface area contributed by atoms with Crippen molar-refractivity contribution in [2.24, 2.45) is 0 Å². The average molecular weight is 280 g/mol. The number of nitrogens with one attached hydrogen (secondary N) is 1. The highest BCUT2D eigenvalue weighted by molar-refractivity contribution is 5.50. The molecule has 3 rings (SSSR count). The number of benzene rings is 2. The Kier molecular flexibility index (Phi) is 4.26. The predicted octanol–water partition coefficient (Wildman–Crippen LogP) is 3.79. The molecule has 0 saturated carbocycles. The molecule has 21 heavy (non-hydrogen) atoms. The monoisotopic (exact) mass is 280 g/mol. The summed E-state index contributed by atoms with van der Waals surface area (Å²) in [5.41, 5.74) is 12.6. The normalized spacial score (nSPS) is 17.5. The van der Waals surface area contributed by atoms with Crippen molar-refractivity contribution in [2.75, 3.05) is 12.3 Å². The van der Waals surface area contributed by atoms with E-state index in [1.54, 1.807) is 0 Å². The van der Waals surface area contributed by atoms with Crippen LogP contribution in [0.1, 0.15) is 41.1 Å². The first-order valence-corrected chi connectivity index (χ1v) is 7.91. The van der Waals surface area contributed by atoms with Crippen molar-refractivity contribution < 1.29 is 0 Å². The molecule has 0 fully saturated rings. The molecule has 3 N–H and O–H groups in total. The summed E-state index contributed by atoms with van der Waals surface area (Å²) in [6.45, 7) is 3.12. The van der Waals surface area contributed by atoms with Crippen LogP contribution in [0.5, 0.6) is 0 Å². The zero-order valence-corrected chi connectivity index (χ0v) is 12.7. The second kappa shape index (κ2) is 6.31. The lowest BCUT2D eigenvalue weighted by molar-refractivity contribution is 0.463. The fraction of sp³-hybridized carbons (Fsp3) is 0.368. The van der Waals surface area contributed by atoms with Crippen LogP contribution >= 0.6 is 0 Å². The molecule has 2 aromatic rings. The minimum absolute atomic E-state index is 0.500. The largest absolute Gasteiger partial charge is 0.398 e. The van der Waals surface area contributed by atoms with E-state index in [1.807, 2.05) is 12.1 Å². The second-order valence-corrected chi connectivity index (χ2v) is 5.99. The van der Waals surface area contributed by atoms with Gasteiger partial charge in [-0.15, -0.1) is 0 Å². The standard InChI is InChI=1S/C19H24N2/c1-14-6-4-10-18(20)16(14)12-13-21-19-11-5-8-15-7-2-3-9-17(15)19/h2-4,6-7,9-10,19,21H,5,8,11-13,20H2,1H3. The number of nitrogen functional groups attached to an aromatic ring is 1. The fourth-order valence-corrected chi connectivity index (χ4v) is 3.40. The van der Waals surface area contributed by atoms with Crippen LogP contribution in [0.2, 0.25) is 0 Å². The molecule has 0 aliphatic heterocycles. The Morgan fingerprint density at radius 2 is 2.00 bits per heavy atom. The Balaban J connectivity index is 1.64. The lowest BCUT2D eigenvalue weighted by Gasteiger charge is -2.26. The second-order valence-electron chi connectivity index (χ2n) is 5.99. The van der Waals surface area contributed by atoms with Crippen molar-refractivity contribution in [1.82, 2.24) is 5.32 Å². The maximum atomic E-state index is 6.09. The van der Waals surface area contributed by atoms with Crippen molar-refractivity contribution in [3.05, 3.63) is 64.7 Å². The highest BCUT2D eigenvalue weighted by Gasteiger charge is 2.18. The molecule has 0 saturated heterocycles. The van der Waals surface area contributed by atoms with Gasteiger partial charge in [0, 0.05) is 11.7 Å². The molecule has 1 aliphatic rings. The van der Waals surface area contributed by atoms with Gasteiger partial charge in [-0.2, -0.15) is 0 Å². The molecule has 1 unspecified atom stereocenters. The third-order valence-electron chi connectivity index (χ3n) is 4.58. The van der Waals surface area contributed by atoms with Gasteiger partial charge in [0.25, 0.3) is 0 Å². The molecule has 2 nitrogen and oxygen atoms in total. The van der Waals surface area contributed by atoms with Crippen LogP contribution in [0.25, 0.3) is 0 Å². The fourth-order valence-electron chi connectivity index (χ4n) is 3.40. The van der Waals surface area contributed by atoms with Crippen LogP contribution < -0.4 is 11.1 Å². The summed E-state index contributed by atoms with van der Waals surface area (Å²) in [7, 11) is 0. The van der Waals surface area contributed by atoms with Gasteiger partial charge in [-0.3, -0.25) is 0 Å². The van der Waals surface area contributed by atoms with E-state index in [4.69, 9.17) is 5.73 Å². The molecule has 0 bridgehead atoms. The summed E-state index contributed by atoms with van der Waals surface area (Å²) < 4.78 is 0. The number of rotatable bonds is 4. The summed E-state index contributed by atoms with van der Waals surface area (Å²) in [5.74, 6) is 0. The van der Waals surface area contributed by atoms with E-state index in [0.717, 1.165) is 18.7 Å². The SMILES string of the molecule is Cc1cccc(N)c1CCNC1CCCc2ccccc21. The van der Waals surface area contributed by atoms with Crippen molar-refractivity contribution in [2.45, 2.75) is 38.6 Å². The number of hydrogen-bond donors (Lipinski definition) is 2. The summed E-state index contributed by atoms with van der Waals surface area (Å²) in [5, 5.41) is 3.73. The van der Waals surface area contributed by atoms with Crippen molar-refractivity contribution >= 4 is 5.69 Å². The van der Waals surface area contributed by atoms with Crippen LogP contribution in [-0.4, -0.2) is 6.54 Å². The summed E-state index contributed by atoms with van der Waals surface area (Å²) in [6, 6.07) is 15.5. The lowest BCUT2D eigenvalue weighted by Crippen LogP contribution is -2.27. The van der Waals surface area contributed by atoms with Crippen molar-refractivity contribution in [3.63, 3.8) is 0 Å². The van der Waals surface area contributed by atoms with Crippen LogP contribution in [0.4, 0.5) is 5.69 Å². The van der Waals surface area contributed by atoms with Crippen LogP contribution in [-0.2, 0) is 12.8 Å². The van der Waals surface area contributed by atoms with Gasteiger partial charge in [0.1, 0.15) is 0 Å². The molecule has 0 amide bonds. The van der Waals surface area contributed by atoms with Crippen LogP contribution in [0.3, 0.4) is 0 Å². The third-order valence-corrected chi connectivity index (χ3v) is 4.58. The van der Waals surface area contributed by atoms with Gasteiger partial charge < -0.3 is 11.1 Å². The van der Waals surface area contributed by atoms with Crippen LogP contribution in [0, 0.1) is 6.92 Å². The summed E-state index contributed by atoms with van der Waals surface area (Å²) >= 11 is 0. The van der Waals surface area contributed by atoms with Gasteiger partial charge in [0.15, 0.2) is 0 Å². The van der Waals surface area contributed by atoms with Gasteiger partial charge in [-0.1, -0.05) is 36.4 Å². The average Bonchev–Trinajstić information content (AvgIpc) is 2.50. The number of aryl methyl sites for hydroxylation is 2. The quantitative estimate of drug-likeness (QED) is 0.836. The van der Waals surface area contributed by atoms with E-state index in [2.05, 4.69) is 42.6 Å². The molecule has 2 aromatic carbocycles. The Labute approximate surface area is 127 Å². The molecule has 0 radical (unpaired) electrons. The molecular formula is C19H24N2. The molecule has 110 valence electrons. The Morgan fingerprint density at radius 3 is 2.86 bits per heavy atom. The highest BCUT2D eigenvalue weighted by Crippen LogP contribution is 2.29.